The second-order valence-corrected chi connectivity index (χ2v) is 5.95. The van der Waals surface area contributed by atoms with Gasteiger partial charge in [0, 0.05) is 11.1 Å². The number of esters is 1. The van der Waals surface area contributed by atoms with Crippen LogP contribution in [0.5, 0.6) is 5.75 Å². The van der Waals surface area contributed by atoms with Gasteiger partial charge in [-0.3, -0.25) is 0 Å². The number of thiazole rings is 1. The van der Waals surface area contributed by atoms with Crippen LogP contribution in [0.3, 0.4) is 0 Å². The SMILES string of the molecule is COC(=O)c1cc(OC(C)CO)cc(-c2ncc(C)s2)c1F. The first-order valence-corrected chi connectivity index (χ1v) is 7.40. The maximum Gasteiger partial charge on any atom is 0.341 e. The minimum atomic E-state index is -0.797. The highest BCUT2D eigenvalue weighted by molar-refractivity contribution is 7.14. The highest BCUT2D eigenvalue weighted by atomic mass is 32.1. The quantitative estimate of drug-likeness (QED) is 0.856. The number of hydrogen-bond acceptors (Lipinski definition) is 6. The summed E-state index contributed by atoms with van der Waals surface area (Å²) in [5, 5.41) is 9.51. The minimum absolute atomic E-state index is 0.168. The van der Waals surface area contributed by atoms with E-state index in [9.17, 15) is 9.18 Å². The third-order valence-corrected chi connectivity index (χ3v) is 3.84. The molecule has 0 amide bonds. The molecule has 2 rings (SSSR count). The Hall–Kier alpha value is -1.99. The van der Waals surface area contributed by atoms with Crippen molar-refractivity contribution < 1.29 is 23.8 Å². The molecule has 1 heterocycles. The topological polar surface area (TPSA) is 68.7 Å². The van der Waals surface area contributed by atoms with Gasteiger partial charge < -0.3 is 14.6 Å². The van der Waals surface area contributed by atoms with Crippen LogP contribution in [0.1, 0.15) is 22.2 Å². The molecule has 0 saturated carbocycles. The largest absolute Gasteiger partial charge is 0.488 e. The third-order valence-electron chi connectivity index (χ3n) is 2.90. The van der Waals surface area contributed by atoms with Gasteiger partial charge in [-0.1, -0.05) is 0 Å². The van der Waals surface area contributed by atoms with E-state index in [0.29, 0.717) is 5.01 Å². The fourth-order valence-corrected chi connectivity index (χ4v) is 2.60. The number of ether oxygens (including phenoxy) is 2. The summed E-state index contributed by atoms with van der Waals surface area (Å²) in [6, 6.07) is 2.73. The zero-order valence-electron chi connectivity index (χ0n) is 12.4. The smallest absolute Gasteiger partial charge is 0.341 e. The van der Waals surface area contributed by atoms with Gasteiger partial charge >= 0.3 is 5.97 Å². The fraction of sp³-hybridized carbons (Fsp3) is 0.333. The second-order valence-electron chi connectivity index (χ2n) is 4.71. The number of carbonyl (C=O) groups is 1. The van der Waals surface area contributed by atoms with Gasteiger partial charge in [-0.2, -0.15) is 0 Å². The summed E-state index contributed by atoms with van der Waals surface area (Å²) in [6.45, 7) is 3.32. The minimum Gasteiger partial charge on any atom is -0.488 e. The lowest BCUT2D eigenvalue weighted by molar-refractivity contribution is 0.0594. The van der Waals surface area contributed by atoms with Crippen LogP contribution in [-0.4, -0.2) is 35.9 Å². The predicted octanol–water partition coefficient (Wildman–Crippen LogP) is 2.80. The molecule has 0 fully saturated rings. The fourth-order valence-electron chi connectivity index (χ4n) is 1.83. The molecular formula is C15H16FNO4S. The maximum atomic E-state index is 14.6. The molecule has 22 heavy (non-hydrogen) atoms. The molecule has 5 nitrogen and oxygen atoms in total. The van der Waals surface area contributed by atoms with E-state index in [0.717, 1.165) is 4.88 Å². The number of halogens is 1. The van der Waals surface area contributed by atoms with E-state index in [1.165, 1.54) is 30.6 Å². The van der Waals surface area contributed by atoms with Crippen molar-refractivity contribution in [2.45, 2.75) is 20.0 Å². The molecule has 0 aliphatic rings. The van der Waals surface area contributed by atoms with E-state index in [-0.39, 0.29) is 23.5 Å². The lowest BCUT2D eigenvalue weighted by Crippen LogP contribution is -2.17. The van der Waals surface area contributed by atoms with Crippen molar-refractivity contribution in [3.05, 3.63) is 34.6 Å². The van der Waals surface area contributed by atoms with Crippen LogP contribution < -0.4 is 4.74 Å². The molecule has 1 aromatic heterocycles. The average Bonchev–Trinajstić information content (AvgIpc) is 2.94. The maximum absolute atomic E-state index is 14.6. The van der Waals surface area contributed by atoms with Crippen molar-refractivity contribution in [1.29, 1.82) is 0 Å². The number of aromatic nitrogens is 1. The Balaban J connectivity index is 2.55. The molecule has 0 bridgehead atoms. The third kappa shape index (κ3) is 3.42. The van der Waals surface area contributed by atoms with Crippen LogP contribution >= 0.6 is 11.3 Å². The Kier molecular flexibility index (Phi) is 5.10. The van der Waals surface area contributed by atoms with E-state index in [2.05, 4.69) is 9.72 Å². The molecule has 0 radical (unpaired) electrons. The highest BCUT2D eigenvalue weighted by Gasteiger charge is 2.21. The van der Waals surface area contributed by atoms with Crippen molar-refractivity contribution in [3.63, 3.8) is 0 Å². The van der Waals surface area contributed by atoms with Crippen molar-refractivity contribution >= 4 is 17.3 Å². The van der Waals surface area contributed by atoms with Gasteiger partial charge in [-0.25, -0.2) is 14.2 Å². The van der Waals surface area contributed by atoms with Gasteiger partial charge in [0.25, 0.3) is 0 Å². The van der Waals surface area contributed by atoms with Crippen molar-refractivity contribution in [3.8, 4) is 16.3 Å². The monoisotopic (exact) mass is 325 g/mol. The summed E-state index contributed by atoms with van der Waals surface area (Å²) < 4.78 is 24.6. The van der Waals surface area contributed by atoms with Crippen LogP contribution in [0.25, 0.3) is 10.6 Å². The molecule has 1 unspecified atom stereocenters. The van der Waals surface area contributed by atoms with Gasteiger partial charge in [0.2, 0.25) is 0 Å². The highest BCUT2D eigenvalue weighted by Crippen LogP contribution is 2.33. The van der Waals surface area contributed by atoms with Gasteiger partial charge in [0.05, 0.1) is 24.8 Å². The number of aryl methyl sites for hydroxylation is 1. The van der Waals surface area contributed by atoms with Gasteiger partial charge in [-0.05, 0) is 26.0 Å². The molecule has 0 aliphatic carbocycles. The van der Waals surface area contributed by atoms with E-state index >= 15 is 0 Å². The normalized spacial score (nSPS) is 12.0. The number of nitrogens with zero attached hydrogens (tertiary/aromatic N) is 1. The summed E-state index contributed by atoms with van der Waals surface area (Å²) in [7, 11) is 1.18. The molecule has 1 N–H and O–H groups in total. The summed E-state index contributed by atoms with van der Waals surface area (Å²) in [4.78, 5) is 16.8. The van der Waals surface area contributed by atoms with Gasteiger partial charge in [0.1, 0.15) is 22.7 Å². The Morgan fingerprint density at radius 2 is 2.23 bits per heavy atom. The molecule has 7 heteroatoms. The molecule has 1 atom stereocenters. The van der Waals surface area contributed by atoms with Crippen molar-refractivity contribution in [2.75, 3.05) is 13.7 Å². The average molecular weight is 325 g/mol. The summed E-state index contributed by atoms with van der Waals surface area (Å²) >= 11 is 1.31. The number of aliphatic hydroxyl groups is 1. The van der Waals surface area contributed by atoms with Crippen molar-refractivity contribution in [2.24, 2.45) is 0 Å². The molecule has 1 aromatic carbocycles. The Morgan fingerprint density at radius 3 is 2.77 bits per heavy atom. The summed E-state index contributed by atoms with van der Waals surface area (Å²) in [6.07, 6.45) is 1.14. The predicted molar refractivity (Wildman–Crippen MR) is 80.8 cm³/mol. The van der Waals surface area contributed by atoms with Crippen molar-refractivity contribution in [1.82, 2.24) is 4.98 Å². The van der Waals surface area contributed by atoms with E-state index in [1.54, 1.807) is 13.1 Å². The first-order valence-electron chi connectivity index (χ1n) is 6.58. The lowest BCUT2D eigenvalue weighted by Gasteiger charge is -2.14. The first-order chi connectivity index (χ1) is 10.5. The Morgan fingerprint density at radius 1 is 1.50 bits per heavy atom. The standard InChI is InChI=1S/C15H16FNO4S/c1-8(7-18)21-10-4-11(14-17-6-9(2)22-14)13(16)12(5-10)15(19)20-3/h4-6,8,18H,7H2,1-3H3. The van der Waals surface area contributed by atoms with Crippen LogP contribution in [0.4, 0.5) is 4.39 Å². The summed E-state index contributed by atoms with van der Waals surface area (Å²) in [5.41, 5.74) is -0.0610. The van der Waals surface area contributed by atoms with Crippen LogP contribution in [-0.2, 0) is 4.74 Å². The molecule has 2 aromatic rings. The van der Waals surface area contributed by atoms with E-state index in [1.807, 2.05) is 6.92 Å². The molecule has 0 spiro atoms. The summed E-state index contributed by atoms with van der Waals surface area (Å²) in [5.74, 6) is -1.23. The molecule has 118 valence electrons. The number of aliphatic hydroxyl groups excluding tert-OH is 1. The molecule has 0 aliphatic heterocycles. The van der Waals surface area contributed by atoms with Gasteiger partial charge in [-0.15, -0.1) is 11.3 Å². The number of rotatable bonds is 5. The second kappa shape index (κ2) is 6.85. The Labute approximate surface area is 131 Å². The van der Waals surface area contributed by atoms with E-state index < -0.39 is 17.9 Å². The van der Waals surface area contributed by atoms with Crippen LogP contribution in [0.15, 0.2) is 18.3 Å². The Bertz CT molecular complexity index is 686. The zero-order valence-corrected chi connectivity index (χ0v) is 13.2. The van der Waals surface area contributed by atoms with Crippen LogP contribution in [0, 0.1) is 12.7 Å². The zero-order chi connectivity index (χ0) is 16.3. The number of hydrogen-bond donors (Lipinski definition) is 1. The number of carbonyl (C=O) groups excluding carboxylic acids is 1. The molecule has 0 saturated heterocycles. The first kappa shape index (κ1) is 16.4. The van der Waals surface area contributed by atoms with Crippen LogP contribution in [0.2, 0.25) is 0 Å². The number of methoxy groups -OCH3 is 1. The number of benzene rings is 1. The van der Waals surface area contributed by atoms with Gasteiger partial charge in [0.15, 0.2) is 0 Å². The molecular weight excluding hydrogens is 309 g/mol. The van der Waals surface area contributed by atoms with E-state index in [4.69, 9.17) is 9.84 Å². The lowest BCUT2D eigenvalue weighted by atomic mass is 10.1.